The van der Waals surface area contributed by atoms with Crippen molar-refractivity contribution in [2.75, 3.05) is 31.6 Å². The molecule has 1 saturated heterocycles. The fraction of sp³-hybridized carbons (Fsp3) is 0.263. The zero-order valence-electron chi connectivity index (χ0n) is 14.2. The highest BCUT2D eigenvalue weighted by molar-refractivity contribution is 6.30. The maximum absolute atomic E-state index is 12.9. The first-order valence-corrected chi connectivity index (χ1v) is 8.76. The highest BCUT2D eigenvalue weighted by Gasteiger charge is 2.28. The second-order valence-electron chi connectivity index (χ2n) is 5.89. The molecule has 2 N–H and O–H groups in total. The molecule has 1 aliphatic rings. The third kappa shape index (κ3) is 4.74. The molecule has 7 heteroatoms. The number of hydrogen-bond acceptors (Lipinski definition) is 3. The Bertz CT molecular complexity index is 746. The van der Waals surface area contributed by atoms with Crippen LogP contribution in [0.15, 0.2) is 54.6 Å². The average Bonchev–Trinajstić information content (AvgIpc) is 2.69. The van der Waals surface area contributed by atoms with Gasteiger partial charge in [-0.25, -0.2) is 4.79 Å². The lowest BCUT2D eigenvalue weighted by molar-refractivity contribution is -0.137. The third-order valence-electron chi connectivity index (χ3n) is 4.08. The zero-order chi connectivity index (χ0) is 18.4. The second kappa shape index (κ2) is 8.69. The first-order chi connectivity index (χ1) is 12.6. The summed E-state index contributed by atoms with van der Waals surface area (Å²) in [5, 5.41) is 6.09. The molecule has 2 aromatic carbocycles. The third-order valence-corrected chi connectivity index (χ3v) is 4.33. The minimum Gasteiger partial charge on any atom is -0.378 e. The van der Waals surface area contributed by atoms with Gasteiger partial charge in [-0.15, -0.1) is 0 Å². The molecule has 2 aromatic rings. The highest BCUT2D eigenvalue weighted by Crippen LogP contribution is 2.18. The van der Waals surface area contributed by atoms with Gasteiger partial charge in [0.2, 0.25) is 5.91 Å². The Balaban J connectivity index is 1.73. The number of carbonyl (C=O) groups is 2. The van der Waals surface area contributed by atoms with E-state index in [1.165, 1.54) is 0 Å². The number of halogens is 1. The highest BCUT2D eigenvalue weighted by atomic mass is 35.5. The van der Waals surface area contributed by atoms with Crippen molar-refractivity contribution < 1.29 is 14.3 Å². The van der Waals surface area contributed by atoms with Crippen LogP contribution in [0, 0.1) is 0 Å². The molecule has 1 aliphatic heterocycles. The van der Waals surface area contributed by atoms with Gasteiger partial charge < -0.3 is 20.3 Å². The lowest BCUT2D eigenvalue weighted by Gasteiger charge is -2.31. The largest absolute Gasteiger partial charge is 0.378 e. The summed E-state index contributed by atoms with van der Waals surface area (Å²) >= 11 is 5.85. The number of morpholine rings is 1. The van der Waals surface area contributed by atoms with Crippen LogP contribution < -0.4 is 10.6 Å². The van der Waals surface area contributed by atoms with Crippen LogP contribution in [-0.2, 0) is 9.53 Å². The first-order valence-electron chi connectivity index (χ1n) is 8.38. The number of ether oxygens (including phenoxy) is 1. The molecular formula is C19H20ClN3O3. The lowest BCUT2D eigenvalue weighted by atomic mass is 10.1. The van der Waals surface area contributed by atoms with E-state index < -0.39 is 12.1 Å². The standard InChI is InChI=1S/C19H20ClN3O3/c20-15-6-8-16(9-7-15)21-19(25)22-17(14-4-2-1-3-5-14)18(24)23-10-12-26-13-11-23/h1-9,17H,10-13H2,(H2,21,22,25)/t17-/m0/s1. The molecule has 136 valence electrons. The Hall–Kier alpha value is -2.57. The van der Waals surface area contributed by atoms with Gasteiger partial charge in [0.05, 0.1) is 13.2 Å². The summed E-state index contributed by atoms with van der Waals surface area (Å²) in [6.07, 6.45) is 0. The van der Waals surface area contributed by atoms with Crippen molar-refractivity contribution in [1.29, 1.82) is 0 Å². The van der Waals surface area contributed by atoms with E-state index in [0.29, 0.717) is 37.0 Å². The van der Waals surface area contributed by atoms with Crippen molar-refractivity contribution >= 4 is 29.2 Å². The van der Waals surface area contributed by atoms with Gasteiger partial charge in [0, 0.05) is 23.8 Å². The monoisotopic (exact) mass is 373 g/mol. The number of benzene rings is 2. The molecule has 6 nitrogen and oxygen atoms in total. The van der Waals surface area contributed by atoms with E-state index >= 15 is 0 Å². The molecular weight excluding hydrogens is 354 g/mol. The average molecular weight is 374 g/mol. The Morgan fingerprint density at radius 3 is 2.31 bits per heavy atom. The normalized spacial score (nSPS) is 15.2. The van der Waals surface area contributed by atoms with Crippen molar-refractivity contribution in [1.82, 2.24) is 10.2 Å². The number of urea groups is 1. The van der Waals surface area contributed by atoms with E-state index in [0.717, 1.165) is 5.56 Å². The van der Waals surface area contributed by atoms with Crippen molar-refractivity contribution in [3.05, 3.63) is 65.2 Å². The topological polar surface area (TPSA) is 70.7 Å². The van der Waals surface area contributed by atoms with Gasteiger partial charge in [0.25, 0.3) is 0 Å². The molecule has 1 fully saturated rings. The summed E-state index contributed by atoms with van der Waals surface area (Å²) in [5.74, 6) is -0.147. The molecule has 26 heavy (non-hydrogen) atoms. The predicted octanol–water partition coefficient (Wildman–Crippen LogP) is 3.06. The quantitative estimate of drug-likeness (QED) is 0.865. The van der Waals surface area contributed by atoms with Gasteiger partial charge in [-0.1, -0.05) is 41.9 Å². The molecule has 0 spiro atoms. The van der Waals surface area contributed by atoms with Crippen molar-refractivity contribution in [2.24, 2.45) is 0 Å². The van der Waals surface area contributed by atoms with E-state index in [4.69, 9.17) is 16.3 Å². The van der Waals surface area contributed by atoms with E-state index in [-0.39, 0.29) is 5.91 Å². The van der Waals surface area contributed by atoms with Gasteiger partial charge in [-0.2, -0.15) is 0 Å². The summed E-state index contributed by atoms with van der Waals surface area (Å²) in [6, 6.07) is 14.7. The first kappa shape index (κ1) is 18.2. The number of anilines is 1. The number of hydrogen-bond donors (Lipinski definition) is 2. The zero-order valence-corrected chi connectivity index (χ0v) is 14.9. The summed E-state index contributed by atoms with van der Waals surface area (Å²) in [6.45, 7) is 2.04. The summed E-state index contributed by atoms with van der Waals surface area (Å²) in [7, 11) is 0. The smallest absolute Gasteiger partial charge is 0.320 e. The van der Waals surface area contributed by atoms with Crippen LogP contribution in [0.5, 0.6) is 0 Å². The van der Waals surface area contributed by atoms with Gasteiger partial charge in [-0.05, 0) is 29.8 Å². The lowest BCUT2D eigenvalue weighted by Crippen LogP contribution is -2.48. The van der Waals surface area contributed by atoms with Crippen molar-refractivity contribution in [2.45, 2.75) is 6.04 Å². The number of rotatable bonds is 4. The van der Waals surface area contributed by atoms with Crippen LogP contribution in [0.25, 0.3) is 0 Å². The van der Waals surface area contributed by atoms with Crippen LogP contribution >= 0.6 is 11.6 Å². The Labute approximate surface area is 157 Å². The Morgan fingerprint density at radius 1 is 1.00 bits per heavy atom. The van der Waals surface area contributed by atoms with Crippen LogP contribution in [-0.4, -0.2) is 43.1 Å². The molecule has 0 unspecified atom stereocenters. The molecule has 0 saturated carbocycles. The van der Waals surface area contributed by atoms with E-state index in [1.807, 2.05) is 30.3 Å². The molecule has 0 radical (unpaired) electrons. The van der Waals surface area contributed by atoms with Gasteiger partial charge in [0.1, 0.15) is 6.04 Å². The van der Waals surface area contributed by atoms with Crippen LogP contribution in [0.1, 0.15) is 11.6 Å². The van der Waals surface area contributed by atoms with Crippen LogP contribution in [0.3, 0.4) is 0 Å². The molecule has 1 atom stereocenters. The Morgan fingerprint density at radius 2 is 1.65 bits per heavy atom. The van der Waals surface area contributed by atoms with E-state index in [2.05, 4.69) is 10.6 Å². The van der Waals surface area contributed by atoms with Gasteiger partial charge in [-0.3, -0.25) is 4.79 Å². The van der Waals surface area contributed by atoms with Crippen LogP contribution in [0.2, 0.25) is 5.02 Å². The summed E-state index contributed by atoms with van der Waals surface area (Å²) in [4.78, 5) is 27.1. The van der Waals surface area contributed by atoms with E-state index in [9.17, 15) is 9.59 Å². The predicted molar refractivity (Wildman–Crippen MR) is 100 cm³/mol. The molecule has 3 rings (SSSR count). The number of amides is 3. The van der Waals surface area contributed by atoms with Crippen molar-refractivity contribution in [3.63, 3.8) is 0 Å². The fourth-order valence-electron chi connectivity index (χ4n) is 2.73. The molecule has 0 bridgehead atoms. The number of carbonyl (C=O) groups excluding carboxylic acids is 2. The van der Waals surface area contributed by atoms with Gasteiger partial charge in [0.15, 0.2) is 0 Å². The maximum Gasteiger partial charge on any atom is 0.320 e. The SMILES string of the molecule is O=C(Nc1ccc(Cl)cc1)N[C@H](C(=O)N1CCOCC1)c1ccccc1. The molecule has 0 aromatic heterocycles. The minimum atomic E-state index is -0.762. The number of nitrogens with zero attached hydrogens (tertiary/aromatic N) is 1. The fourth-order valence-corrected chi connectivity index (χ4v) is 2.86. The van der Waals surface area contributed by atoms with E-state index in [1.54, 1.807) is 29.2 Å². The second-order valence-corrected chi connectivity index (χ2v) is 6.32. The summed E-state index contributed by atoms with van der Waals surface area (Å²) in [5.41, 5.74) is 1.33. The molecule has 0 aliphatic carbocycles. The Kier molecular flexibility index (Phi) is 6.09. The molecule has 3 amide bonds. The minimum absolute atomic E-state index is 0.147. The molecule has 1 heterocycles. The maximum atomic E-state index is 12.9. The summed E-state index contributed by atoms with van der Waals surface area (Å²) < 4.78 is 5.30. The number of nitrogens with one attached hydrogen (secondary N) is 2. The van der Waals surface area contributed by atoms with Crippen molar-refractivity contribution in [3.8, 4) is 0 Å². The van der Waals surface area contributed by atoms with Crippen LogP contribution in [0.4, 0.5) is 10.5 Å². The van der Waals surface area contributed by atoms with Gasteiger partial charge >= 0.3 is 6.03 Å².